The molecule has 0 aromatic carbocycles. The lowest BCUT2D eigenvalue weighted by molar-refractivity contribution is -0.160. The number of hydrogen-bond acceptors (Lipinski definition) is 5. The minimum Gasteiger partial charge on any atom is -0.330 e. The Kier molecular flexibility index (Phi) is 4.53. The SMILES string of the molecule is O=C(Nc1nc(-c2cccs2)cs1)[C@H]1CCCN1C(=O)C12CC3CC(CC(C3)C1)C2. The zero-order valence-electron chi connectivity index (χ0n) is 17.0. The highest BCUT2D eigenvalue weighted by Crippen LogP contribution is 2.60. The predicted octanol–water partition coefficient (Wildman–Crippen LogP) is 5.02. The number of nitrogens with zero attached hydrogens (tertiary/aromatic N) is 2. The lowest BCUT2D eigenvalue weighted by atomic mass is 9.49. The van der Waals surface area contributed by atoms with E-state index in [1.807, 2.05) is 27.8 Å². The Morgan fingerprint density at radius 2 is 1.83 bits per heavy atom. The Hall–Kier alpha value is -1.73. The van der Waals surface area contributed by atoms with Crippen LogP contribution in [0.2, 0.25) is 0 Å². The number of amides is 2. The molecule has 5 fully saturated rings. The van der Waals surface area contributed by atoms with Crippen LogP contribution in [0.5, 0.6) is 0 Å². The van der Waals surface area contributed by atoms with Gasteiger partial charge in [-0.15, -0.1) is 22.7 Å². The van der Waals surface area contributed by atoms with Crippen LogP contribution in [0.3, 0.4) is 0 Å². The summed E-state index contributed by atoms with van der Waals surface area (Å²) in [6.07, 6.45) is 8.81. The smallest absolute Gasteiger partial charge is 0.248 e. The Balaban J connectivity index is 1.18. The van der Waals surface area contributed by atoms with E-state index in [-0.39, 0.29) is 23.3 Å². The summed E-state index contributed by atoms with van der Waals surface area (Å²) in [5.41, 5.74) is 0.726. The van der Waals surface area contributed by atoms with Gasteiger partial charge in [0.15, 0.2) is 5.13 Å². The molecule has 158 valence electrons. The van der Waals surface area contributed by atoms with Crippen LogP contribution in [0.1, 0.15) is 51.4 Å². The molecule has 3 heterocycles. The number of carbonyl (C=O) groups excluding carboxylic acids is 2. The molecule has 0 radical (unpaired) electrons. The van der Waals surface area contributed by atoms with Crippen LogP contribution in [-0.4, -0.2) is 34.3 Å². The molecule has 1 atom stereocenters. The van der Waals surface area contributed by atoms with E-state index in [2.05, 4.69) is 10.3 Å². The monoisotopic (exact) mass is 441 g/mol. The third-order valence-corrected chi connectivity index (χ3v) is 9.47. The summed E-state index contributed by atoms with van der Waals surface area (Å²) in [4.78, 5) is 34.5. The second-order valence-corrected chi connectivity index (χ2v) is 11.7. The molecule has 1 saturated heterocycles. The summed E-state index contributed by atoms with van der Waals surface area (Å²) >= 11 is 3.10. The Morgan fingerprint density at radius 1 is 1.10 bits per heavy atom. The fourth-order valence-corrected chi connectivity index (χ4v) is 8.49. The number of likely N-dealkylation sites (tertiary alicyclic amines) is 1. The van der Waals surface area contributed by atoms with Crippen molar-refractivity contribution in [2.75, 3.05) is 11.9 Å². The van der Waals surface area contributed by atoms with Gasteiger partial charge < -0.3 is 10.2 Å². The van der Waals surface area contributed by atoms with E-state index in [4.69, 9.17) is 0 Å². The normalized spacial score (nSPS) is 34.5. The number of hydrogen-bond donors (Lipinski definition) is 1. The second-order valence-electron chi connectivity index (χ2n) is 9.86. The molecular weight excluding hydrogens is 414 g/mol. The molecule has 2 aromatic heterocycles. The van der Waals surface area contributed by atoms with Crippen molar-refractivity contribution >= 4 is 39.6 Å². The summed E-state index contributed by atoms with van der Waals surface area (Å²) in [6.45, 7) is 0.719. The van der Waals surface area contributed by atoms with Gasteiger partial charge in [0.05, 0.1) is 16.0 Å². The van der Waals surface area contributed by atoms with Gasteiger partial charge in [-0.1, -0.05) is 6.07 Å². The minimum absolute atomic E-state index is 0.0716. The highest BCUT2D eigenvalue weighted by Gasteiger charge is 2.56. The third kappa shape index (κ3) is 3.12. The van der Waals surface area contributed by atoms with Crippen LogP contribution in [0.4, 0.5) is 5.13 Å². The largest absolute Gasteiger partial charge is 0.330 e. The first-order valence-electron chi connectivity index (χ1n) is 11.2. The highest BCUT2D eigenvalue weighted by molar-refractivity contribution is 7.16. The van der Waals surface area contributed by atoms with Crippen molar-refractivity contribution in [1.82, 2.24) is 9.88 Å². The van der Waals surface area contributed by atoms with Gasteiger partial charge in [-0.2, -0.15) is 0 Å². The zero-order valence-corrected chi connectivity index (χ0v) is 18.6. The average molecular weight is 442 g/mol. The first kappa shape index (κ1) is 19.0. The van der Waals surface area contributed by atoms with Crippen molar-refractivity contribution in [3.8, 4) is 10.6 Å². The van der Waals surface area contributed by atoms with Crippen LogP contribution in [0.15, 0.2) is 22.9 Å². The van der Waals surface area contributed by atoms with Crippen molar-refractivity contribution in [2.45, 2.75) is 57.4 Å². The van der Waals surface area contributed by atoms with E-state index in [1.54, 1.807) is 11.3 Å². The van der Waals surface area contributed by atoms with Gasteiger partial charge in [-0.05, 0) is 80.6 Å². The molecule has 5 aliphatic rings. The topological polar surface area (TPSA) is 62.3 Å². The molecular formula is C23H27N3O2S2. The van der Waals surface area contributed by atoms with E-state index in [0.717, 1.165) is 67.0 Å². The second kappa shape index (κ2) is 7.16. The number of anilines is 1. The van der Waals surface area contributed by atoms with Gasteiger partial charge in [0.1, 0.15) is 6.04 Å². The third-order valence-electron chi connectivity index (χ3n) is 7.82. The zero-order chi connectivity index (χ0) is 20.3. The van der Waals surface area contributed by atoms with Gasteiger partial charge in [0.25, 0.3) is 0 Å². The summed E-state index contributed by atoms with van der Waals surface area (Å²) in [5, 5.41) is 7.63. The molecule has 0 spiro atoms. The Morgan fingerprint density at radius 3 is 2.50 bits per heavy atom. The molecule has 2 aromatic rings. The maximum absolute atomic E-state index is 13.8. The molecule has 0 unspecified atom stereocenters. The summed E-state index contributed by atoms with van der Waals surface area (Å²) in [6, 6.07) is 3.69. The first-order valence-corrected chi connectivity index (χ1v) is 13.0. The number of rotatable bonds is 4. The van der Waals surface area contributed by atoms with E-state index in [9.17, 15) is 9.59 Å². The number of thiazole rings is 1. The quantitative estimate of drug-likeness (QED) is 0.725. The van der Waals surface area contributed by atoms with Crippen molar-refractivity contribution in [2.24, 2.45) is 23.2 Å². The predicted molar refractivity (Wildman–Crippen MR) is 119 cm³/mol. The molecule has 2 amide bonds. The highest BCUT2D eigenvalue weighted by atomic mass is 32.1. The molecule has 7 rings (SSSR count). The Labute approximate surface area is 184 Å². The van der Waals surface area contributed by atoms with Gasteiger partial charge in [0, 0.05) is 11.9 Å². The van der Waals surface area contributed by atoms with Crippen molar-refractivity contribution in [3.63, 3.8) is 0 Å². The first-order chi connectivity index (χ1) is 14.6. The maximum Gasteiger partial charge on any atom is 0.248 e. The molecule has 5 nitrogen and oxygen atoms in total. The molecule has 4 bridgehead atoms. The van der Waals surface area contributed by atoms with Gasteiger partial charge >= 0.3 is 0 Å². The van der Waals surface area contributed by atoms with E-state index in [0.29, 0.717) is 5.13 Å². The number of nitrogens with one attached hydrogen (secondary N) is 1. The van der Waals surface area contributed by atoms with E-state index < -0.39 is 0 Å². The lowest BCUT2D eigenvalue weighted by Gasteiger charge is -2.56. The van der Waals surface area contributed by atoms with Gasteiger partial charge in [-0.25, -0.2) is 4.98 Å². The summed E-state index contributed by atoms with van der Waals surface area (Å²) < 4.78 is 0. The minimum atomic E-state index is -0.348. The Bertz CT molecular complexity index is 932. The summed E-state index contributed by atoms with van der Waals surface area (Å²) in [5.74, 6) is 2.42. The van der Waals surface area contributed by atoms with E-state index >= 15 is 0 Å². The van der Waals surface area contributed by atoms with Crippen molar-refractivity contribution < 1.29 is 9.59 Å². The molecule has 1 N–H and O–H groups in total. The standard InChI is InChI=1S/C23H27N3O2S2/c27-20(25-22-24-17(13-30-22)19-4-2-6-29-19)18-3-1-5-26(18)21(28)23-10-14-7-15(11-23)9-16(8-14)12-23/h2,4,6,13-16,18H,1,3,5,7-12H2,(H,24,25,27)/t14?,15?,16?,18-,23?/m1/s1. The molecule has 1 aliphatic heterocycles. The van der Waals surface area contributed by atoms with Crippen LogP contribution in [0.25, 0.3) is 10.6 Å². The van der Waals surface area contributed by atoms with Crippen molar-refractivity contribution in [1.29, 1.82) is 0 Å². The summed E-state index contributed by atoms with van der Waals surface area (Å²) in [7, 11) is 0. The fourth-order valence-electron chi connectivity index (χ4n) is 7.02. The van der Waals surface area contributed by atoms with Crippen LogP contribution < -0.4 is 5.32 Å². The van der Waals surface area contributed by atoms with Crippen LogP contribution in [-0.2, 0) is 9.59 Å². The number of thiophene rings is 1. The molecule has 30 heavy (non-hydrogen) atoms. The maximum atomic E-state index is 13.8. The van der Waals surface area contributed by atoms with Gasteiger partial charge in [-0.3, -0.25) is 9.59 Å². The van der Waals surface area contributed by atoms with E-state index in [1.165, 1.54) is 30.6 Å². The van der Waals surface area contributed by atoms with Crippen LogP contribution in [0, 0.1) is 23.2 Å². The van der Waals surface area contributed by atoms with Crippen molar-refractivity contribution in [3.05, 3.63) is 22.9 Å². The average Bonchev–Trinajstić information content (AvgIpc) is 3.47. The lowest BCUT2D eigenvalue weighted by Crippen LogP contribution is -2.56. The van der Waals surface area contributed by atoms with Crippen LogP contribution >= 0.6 is 22.7 Å². The molecule has 4 aliphatic carbocycles. The number of aromatic nitrogens is 1. The number of carbonyl (C=O) groups is 2. The molecule has 7 heteroatoms. The molecule has 4 saturated carbocycles. The van der Waals surface area contributed by atoms with Gasteiger partial charge in [0.2, 0.25) is 11.8 Å². The fraction of sp³-hybridized carbons (Fsp3) is 0.609.